The van der Waals surface area contributed by atoms with E-state index >= 15 is 0 Å². The fourth-order valence-electron chi connectivity index (χ4n) is 2.24. The molecule has 1 aliphatic heterocycles. The second kappa shape index (κ2) is 7.87. The maximum absolute atomic E-state index is 12.5. The van der Waals surface area contributed by atoms with Crippen LogP contribution in [0.15, 0.2) is 0 Å². The van der Waals surface area contributed by atoms with E-state index in [1.807, 2.05) is 0 Å². The number of rotatable bonds is 6. The van der Waals surface area contributed by atoms with Gasteiger partial charge in [0.25, 0.3) is 10.0 Å². The highest BCUT2D eigenvalue weighted by Gasteiger charge is 2.53. The molecule has 3 nitrogen and oxygen atoms in total. The first-order valence-corrected chi connectivity index (χ1v) is 13.1. The maximum Gasteiger partial charge on any atom is 0.389 e. The van der Waals surface area contributed by atoms with E-state index in [0.717, 1.165) is 0 Å². The summed E-state index contributed by atoms with van der Waals surface area (Å²) in [6.07, 6.45) is -17.9. The molecule has 1 atom stereocenters. The van der Waals surface area contributed by atoms with Crippen molar-refractivity contribution in [3.63, 3.8) is 0 Å². The highest BCUT2D eigenvalue weighted by molar-refractivity contribution is 6.86. The fraction of sp³-hybridized carbons (Fsp3) is 1.00. The molecule has 1 unspecified atom stereocenters. The van der Waals surface area contributed by atoms with Gasteiger partial charge < -0.3 is 12.3 Å². The molecule has 1 rings (SSSR count). The van der Waals surface area contributed by atoms with Gasteiger partial charge in [-0.2, -0.15) is 39.5 Å². The lowest BCUT2D eigenvalue weighted by atomic mass is 10.5. The largest absolute Gasteiger partial charge is 0.420 e. The summed E-state index contributed by atoms with van der Waals surface area (Å²) in [5.74, 6) is 0. The molecule has 0 bridgehead atoms. The van der Waals surface area contributed by atoms with Gasteiger partial charge in [-0.3, -0.25) is 0 Å². The Morgan fingerprint density at radius 1 is 0.680 bits per heavy atom. The molecule has 1 heterocycles. The lowest BCUT2D eigenvalue weighted by molar-refractivity contribution is -0.133. The molecule has 15 heteroatoms. The second-order valence-electron chi connectivity index (χ2n) is 5.90. The Balaban J connectivity index is 2.88. The summed E-state index contributed by atoms with van der Waals surface area (Å²) < 4.78 is 128. The average Bonchev–Trinajstić information content (AvgIpc) is 2.39. The van der Waals surface area contributed by atoms with Gasteiger partial charge in [0.1, 0.15) is 0 Å². The maximum atomic E-state index is 12.5. The zero-order valence-electron chi connectivity index (χ0n) is 13.1. The molecule has 1 fully saturated rings. The van der Waals surface area contributed by atoms with Crippen molar-refractivity contribution in [2.45, 2.75) is 62.5 Å². The third-order valence-electron chi connectivity index (χ3n) is 3.53. The highest BCUT2D eigenvalue weighted by atomic mass is 28.5. The van der Waals surface area contributed by atoms with Crippen LogP contribution in [0.2, 0.25) is 24.7 Å². The summed E-state index contributed by atoms with van der Waals surface area (Å²) in [6.45, 7) is 1.23. The Hall–Kier alpha value is -0.0994. The number of hydrogen-bond donors (Lipinski definition) is 0. The Bertz CT molecular complexity index is 422. The van der Waals surface area contributed by atoms with Crippen LogP contribution in [0.1, 0.15) is 19.3 Å². The quantitative estimate of drug-likeness (QED) is 0.452. The van der Waals surface area contributed by atoms with Gasteiger partial charge in [-0.1, -0.05) is 0 Å². The minimum atomic E-state index is -4.63. The van der Waals surface area contributed by atoms with E-state index in [4.69, 9.17) is 12.3 Å². The van der Waals surface area contributed by atoms with Gasteiger partial charge in [-0.25, -0.2) is 0 Å². The van der Waals surface area contributed by atoms with Crippen LogP contribution in [0.3, 0.4) is 0 Å². The molecule has 0 aromatic heterocycles. The van der Waals surface area contributed by atoms with E-state index in [0.29, 0.717) is 0 Å². The van der Waals surface area contributed by atoms with E-state index < -0.39 is 83.1 Å². The van der Waals surface area contributed by atoms with E-state index in [1.165, 1.54) is 6.55 Å². The molecule has 0 radical (unpaired) electrons. The summed E-state index contributed by atoms with van der Waals surface area (Å²) >= 11 is 0. The predicted molar refractivity (Wildman–Crippen MR) is 75.6 cm³/mol. The minimum absolute atomic E-state index is 0.584. The van der Waals surface area contributed by atoms with Gasteiger partial charge in [0.15, 0.2) is 0 Å². The molecule has 0 aromatic carbocycles. The molecule has 25 heavy (non-hydrogen) atoms. The molecular formula is C10H17F9O3Si3. The smallest absolute Gasteiger partial charge is 0.389 e. The van der Waals surface area contributed by atoms with Crippen LogP contribution in [0.4, 0.5) is 39.5 Å². The van der Waals surface area contributed by atoms with Gasteiger partial charge in [0.2, 0.25) is 0 Å². The number of hydrogen-bond acceptors (Lipinski definition) is 3. The van der Waals surface area contributed by atoms with Gasteiger partial charge >= 0.3 is 35.7 Å². The first kappa shape index (κ1) is 22.9. The van der Waals surface area contributed by atoms with Gasteiger partial charge in [0.05, 0.1) is 0 Å². The van der Waals surface area contributed by atoms with Crippen LogP contribution in [0.5, 0.6) is 0 Å². The van der Waals surface area contributed by atoms with Crippen LogP contribution < -0.4 is 0 Å². The van der Waals surface area contributed by atoms with Crippen LogP contribution >= 0.6 is 0 Å². The van der Waals surface area contributed by atoms with Crippen LogP contribution in [0.25, 0.3) is 0 Å². The van der Waals surface area contributed by atoms with Crippen molar-refractivity contribution >= 4 is 27.1 Å². The summed E-state index contributed by atoms with van der Waals surface area (Å²) in [5, 5.41) is 0. The standard InChI is InChI=1S/C10H17F9O3Si3/c1-24(5-2-8(11,12)13)20-23-21-25(22-24,6-3-9(14,15)16)7-4-10(17,18)19/h2-7,23H2,1H3. The normalized spacial score (nSPS) is 26.2. The summed E-state index contributed by atoms with van der Waals surface area (Å²) in [7, 11) is -9.47. The molecule has 1 saturated heterocycles. The summed E-state index contributed by atoms with van der Waals surface area (Å²) in [6, 6.07) is -2.14. The summed E-state index contributed by atoms with van der Waals surface area (Å²) in [4.78, 5) is 0. The van der Waals surface area contributed by atoms with Crippen molar-refractivity contribution in [3.8, 4) is 0 Å². The van der Waals surface area contributed by atoms with Crippen molar-refractivity contribution in [2.24, 2.45) is 0 Å². The third kappa shape index (κ3) is 9.41. The van der Waals surface area contributed by atoms with Gasteiger partial charge in [0, 0.05) is 19.3 Å². The molecular weight excluding hydrogens is 423 g/mol. The Labute approximate surface area is 142 Å². The first-order chi connectivity index (χ1) is 11.0. The molecule has 0 aromatic rings. The van der Waals surface area contributed by atoms with Crippen LogP contribution in [-0.2, 0) is 12.3 Å². The lowest BCUT2D eigenvalue weighted by Crippen LogP contribution is -2.60. The number of alkyl halides is 9. The monoisotopic (exact) mass is 440 g/mol. The van der Waals surface area contributed by atoms with E-state index in [9.17, 15) is 39.5 Å². The fourth-order valence-corrected chi connectivity index (χ4v) is 14.8. The van der Waals surface area contributed by atoms with E-state index in [1.54, 1.807) is 0 Å². The second-order valence-corrected chi connectivity index (χ2v) is 14.8. The molecule has 150 valence electrons. The third-order valence-corrected chi connectivity index (χ3v) is 15.4. The zero-order chi connectivity index (χ0) is 19.6. The van der Waals surface area contributed by atoms with Crippen LogP contribution in [0, 0.1) is 0 Å². The molecule has 0 N–H and O–H groups in total. The van der Waals surface area contributed by atoms with Crippen molar-refractivity contribution in [1.82, 2.24) is 0 Å². The number of halogens is 9. The Morgan fingerprint density at radius 3 is 1.48 bits per heavy atom. The Morgan fingerprint density at radius 2 is 1.08 bits per heavy atom. The molecule has 0 amide bonds. The lowest BCUT2D eigenvalue weighted by Gasteiger charge is -2.44. The van der Waals surface area contributed by atoms with Crippen molar-refractivity contribution in [3.05, 3.63) is 0 Å². The van der Waals surface area contributed by atoms with Crippen molar-refractivity contribution in [2.75, 3.05) is 0 Å². The minimum Gasteiger partial charge on any atom is -0.420 e. The van der Waals surface area contributed by atoms with Crippen molar-refractivity contribution < 1.29 is 51.9 Å². The van der Waals surface area contributed by atoms with E-state index in [2.05, 4.69) is 0 Å². The van der Waals surface area contributed by atoms with Crippen LogP contribution in [-0.4, -0.2) is 45.7 Å². The van der Waals surface area contributed by atoms with Crippen molar-refractivity contribution in [1.29, 1.82) is 0 Å². The highest BCUT2D eigenvalue weighted by Crippen LogP contribution is 2.39. The predicted octanol–water partition coefficient (Wildman–Crippen LogP) is 4.42. The molecule has 0 aliphatic carbocycles. The van der Waals surface area contributed by atoms with Gasteiger partial charge in [-0.15, -0.1) is 0 Å². The molecule has 1 aliphatic rings. The Kier molecular flexibility index (Phi) is 7.22. The average molecular weight is 440 g/mol. The topological polar surface area (TPSA) is 27.7 Å². The molecule has 0 spiro atoms. The molecule has 0 saturated carbocycles. The van der Waals surface area contributed by atoms with E-state index in [-0.39, 0.29) is 0 Å². The van der Waals surface area contributed by atoms with Gasteiger partial charge in [-0.05, 0) is 24.7 Å². The summed E-state index contributed by atoms with van der Waals surface area (Å²) in [5.41, 5.74) is 0. The zero-order valence-corrected chi connectivity index (χ0v) is 16.5. The SMILES string of the molecule is C[Si]1(CCC(F)(F)F)O[SiH2]O[Si](CCC(F)(F)F)(CCC(F)(F)F)O1. The first-order valence-electron chi connectivity index (χ1n) is 7.22.